The van der Waals surface area contributed by atoms with E-state index in [2.05, 4.69) is 25.1 Å². The number of nitrogens with zero attached hydrogens (tertiary/aromatic N) is 2. The zero-order valence-corrected chi connectivity index (χ0v) is 16.9. The van der Waals surface area contributed by atoms with Crippen LogP contribution in [0.4, 0.5) is 0 Å². The highest BCUT2D eigenvalue weighted by Gasteiger charge is 2.29. The molecule has 0 saturated heterocycles. The average Bonchev–Trinajstić information content (AvgIpc) is 3.21. The molecule has 0 spiro atoms. The summed E-state index contributed by atoms with van der Waals surface area (Å²) in [6, 6.07) is 13.0. The maximum atomic E-state index is 13.3. The Morgan fingerprint density at radius 3 is 2.68 bits per heavy atom. The predicted molar refractivity (Wildman–Crippen MR) is 112 cm³/mol. The first-order chi connectivity index (χ1) is 13.5. The van der Waals surface area contributed by atoms with Crippen LogP contribution in [0.25, 0.3) is 11.0 Å². The fourth-order valence-corrected chi connectivity index (χ4v) is 5.60. The van der Waals surface area contributed by atoms with Crippen molar-refractivity contribution in [1.29, 1.82) is 0 Å². The van der Waals surface area contributed by atoms with E-state index >= 15 is 0 Å². The van der Waals surface area contributed by atoms with Gasteiger partial charge in [0.1, 0.15) is 6.04 Å². The number of carboxylic acid groups (broad SMARTS) is 1. The molecule has 1 aromatic heterocycles. The Balaban J connectivity index is 1.83. The number of fused-ring (bicyclic) bond motifs is 2. The number of benzene rings is 2. The van der Waals surface area contributed by atoms with Gasteiger partial charge < -0.3 is 5.11 Å². The molecule has 2 atom stereocenters. The first-order valence-electron chi connectivity index (χ1n) is 9.67. The maximum absolute atomic E-state index is 13.3. The third-order valence-electron chi connectivity index (χ3n) is 5.56. The van der Waals surface area contributed by atoms with Crippen LogP contribution in [0.15, 0.2) is 52.2 Å². The summed E-state index contributed by atoms with van der Waals surface area (Å²) in [6.45, 7) is 4.62. The highest BCUT2D eigenvalue weighted by atomic mass is 32.2. The van der Waals surface area contributed by atoms with Crippen LogP contribution in [0.5, 0.6) is 0 Å². The molecule has 4 rings (SSSR count). The standard InChI is InChI=1S/C22H24N2O3S/c1-3-7-18(21(25)26)24-17-10-5-4-9-16(17)23(22(24)27)12-15-13-28-19-11-6-8-14(2)20(15)19/h4-6,8-11,15,18H,3,7,12-13H2,1-2H3,(H,25,26)/t15?,18-/m0/s1. The number of imidazole rings is 1. The van der Waals surface area contributed by atoms with E-state index in [0.29, 0.717) is 24.9 Å². The van der Waals surface area contributed by atoms with Gasteiger partial charge in [0, 0.05) is 23.1 Å². The molecule has 0 saturated carbocycles. The van der Waals surface area contributed by atoms with Gasteiger partial charge in [0.25, 0.3) is 0 Å². The molecule has 2 aromatic carbocycles. The Bertz CT molecular complexity index is 1100. The Labute approximate surface area is 168 Å². The Morgan fingerprint density at radius 2 is 1.96 bits per heavy atom. The fourth-order valence-electron chi connectivity index (χ4n) is 4.29. The van der Waals surface area contributed by atoms with Gasteiger partial charge in [0.05, 0.1) is 11.0 Å². The van der Waals surface area contributed by atoms with E-state index in [1.165, 1.54) is 20.6 Å². The van der Waals surface area contributed by atoms with Gasteiger partial charge in [0.15, 0.2) is 0 Å². The van der Waals surface area contributed by atoms with Crippen molar-refractivity contribution in [3.8, 4) is 0 Å². The van der Waals surface area contributed by atoms with Crippen molar-refractivity contribution in [2.45, 2.75) is 50.1 Å². The number of rotatable bonds is 6. The van der Waals surface area contributed by atoms with E-state index in [1.54, 1.807) is 4.57 Å². The summed E-state index contributed by atoms with van der Waals surface area (Å²) in [5.74, 6) is 0.223. The lowest BCUT2D eigenvalue weighted by Gasteiger charge is -2.15. The van der Waals surface area contributed by atoms with Crippen molar-refractivity contribution >= 4 is 28.8 Å². The second kappa shape index (κ2) is 7.51. The van der Waals surface area contributed by atoms with Gasteiger partial charge in [-0.1, -0.05) is 37.6 Å². The van der Waals surface area contributed by atoms with Gasteiger partial charge in [-0.3, -0.25) is 9.13 Å². The molecule has 1 unspecified atom stereocenters. The summed E-state index contributed by atoms with van der Waals surface area (Å²) in [7, 11) is 0. The van der Waals surface area contributed by atoms with Gasteiger partial charge in [-0.25, -0.2) is 9.59 Å². The molecule has 2 heterocycles. The van der Waals surface area contributed by atoms with Gasteiger partial charge in [-0.05, 0) is 42.7 Å². The van der Waals surface area contributed by atoms with Crippen molar-refractivity contribution in [1.82, 2.24) is 9.13 Å². The zero-order valence-electron chi connectivity index (χ0n) is 16.1. The monoisotopic (exact) mass is 396 g/mol. The Hall–Kier alpha value is -2.47. The molecule has 1 N–H and O–H groups in total. The molecule has 0 amide bonds. The maximum Gasteiger partial charge on any atom is 0.329 e. The number of thioether (sulfide) groups is 1. The lowest BCUT2D eigenvalue weighted by molar-refractivity contribution is -0.141. The second-order valence-electron chi connectivity index (χ2n) is 7.39. The van der Waals surface area contributed by atoms with Crippen molar-refractivity contribution in [3.05, 3.63) is 64.1 Å². The quantitative estimate of drug-likeness (QED) is 0.670. The van der Waals surface area contributed by atoms with Gasteiger partial charge >= 0.3 is 11.7 Å². The smallest absolute Gasteiger partial charge is 0.329 e. The fraction of sp³-hybridized carbons (Fsp3) is 0.364. The summed E-state index contributed by atoms with van der Waals surface area (Å²) in [5, 5.41) is 9.73. The zero-order chi connectivity index (χ0) is 19.8. The minimum Gasteiger partial charge on any atom is -0.480 e. The van der Waals surface area contributed by atoms with E-state index in [1.807, 2.05) is 43.0 Å². The molecule has 146 valence electrons. The van der Waals surface area contributed by atoms with Crippen LogP contribution in [-0.2, 0) is 11.3 Å². The van der Waals surface area contributed by atoms with Crippen molar-refractivity contribution in [2.24, 2.45) is 0 Å². The highest BCUT2D eigenvalue weighted by molar-refractivity contribution is 7.99. The first kappa shape index (κ1) is 18.9. The summed E-state index contributed by atoms with van der Waals surface area (Å²) >= 11 is 1.83. The van der Waals surface area contributed by atoms with Crippen LogP contribution in [0, 0.1) is 6.92 Å². The third kappa shape index (κ3) is 3.05. The minimum absolute atomic E-state index is 0.228. The molecule has 0 radical (unpaired) electrons. The summed E-state index contributed by atoms with van der Waals surface area (Å²) in [4.78, 5) is 26.5. The van der Waals surface area contributed by atoms with E-state index in [0.717, 1.165) is 11.3 Å². The predicted octanol–water partition coefficient (Wildman–Crippen LogP) is 4.43. The first-order valence-corrected chi connectivity index (χ1v) is 10.7. The Kier molecular flexibility index (Phi) is 5.06. The largest absolute Gasteiger partial charge is 0.480 e. The number of aliphatic carboxylic acids is 1. The molecular formula is C22H24N2O3S. The van der Waals surface area contributed by atoms with Crippen molar-refractivity contribution < 1.29 is 9.90 Å². The second-order valence-corrected chi connectivity index (χ2v) is 8.45. The molecule has 0 bridgehead atoms. The molecule has 3 aromatic rings. The van der Waals surface area contributed by atoms with E-state index < -0.39 is 12.0 Å². The number of para-hydroxylation sites is 2. The van der Waals surface area contributed by atoms with E-state index in [-0.39, 0.29) is 11.6 Å². The van der Waals surface area contributed by atoms with Crippen LogP contribution in [0.3, 0.4) is 0 Å². The molecule has 1 aliphatic rings. The van der Waals surface area contributed by atoms with Crippen LogP contribution < -0.4 is 5.69 Å². The molecule has 28 heavy (non-hydrogen) atoms. The van der Waals surface area contributed by atoms with E-state index in [9.17, 15) is 14.7 Å². The molecule has 6 heteroatoms. The number of aromatic nitrogens is 2. The lowest BCUT2D eigenvalue weighted by atomic mass is 9.96. The third-order valence-corrected chi connectivity index (χ3v) is 6.80. The highest BCUT2D eigenvalue weighted by Crippen LogP contribution is 2.42. The number of hydrogen-bond donors (Lipinski definition) is 1. The summed E-state index contributed by atoms with van der Waals surface area (Å²) in [5.41, 5.74) is 3.85. The molecule has 5 nitrogen and oxygen atoms in total. The lowest BCUT2D eigenvalue weighted by Crippen LogP contribution is -2.32. The number of carbonyl (C=O) groups is 1. The van der Waals surface area contributed by atoms with Gasteiger partial charge in [-0.15, -0.1) is 11.8 Å². The normalized spacial score (nSPS) is 17.0. The SMILES string of the molecule is CCC[C@@H](C(=O)O)n1c(=O)n(CC2CSc3cccc(C)c32)c2ccccc21. The minimum atomic E-state index is -0.954. The van der Waals surface area contributed by atoms with Gasteiger partial charge in [0.2, 0.25) is 0 Å². The topological polar surface area (TPSA) is 64.2 Å². The van der Waals surface area contributed by atoms with Crippen LogP contribution in [0.1, 0.15) is 42.9 Å². The number of carboxylic acids is 1. The molecular weight excluding hydrogens is 372 g/mol. The van der Waals surface area contributed by atoms with Crippen LogP contribution in [-0.4, -0.2) is 26.0 Å². The van der Waals surface area contributed by atoms with Crippen molar-refractivity contribution in [3.63, 3.8) is 0 Å². The number of aryl methyl sites for hydroxylation is 1. The van der Waals surface area contributed by atoms with Crippen molar-refractivity contribution in [2.75, 3.05) is 5.75 Å². The molecule has 1 aliphatic heterocycles. The summed E-state index contributed by atoms with van der Waals surface area (Å²) < 4.78 is 3.25. The van der Waals surface area contributed by atoms with Crippen LogP contribution in [0.2, 0.25) is 0 Å². The number of hydrogen-bond acceptors (Lipinski definition) is 3. The average molecular weight is 397 g/mol. The summed E-state index contributed by atoms with van der Waals surface area (Å²) in [6.07, 6.45) is 1.14. The van der Waals surface area contributed by atoms with Gasteiger partial charge in [-0.2, -0.15) is 0 Å². The van der Waals surface area contributed by atoms with Crippen LogP contribution >= 0.6 is 11.8 Å². The Morgan fingerprint density at radius 1 is 1.21 bits per heavy atom. The molecule has 0 fully saturated rings. The van der Waals surface area contributed by atoms with E-state index in [4.69, 9.17) is 0 Å². The molecule has 0 aliphatic carbocycles.